The van der Waals surface area contributed by atoms with Crippen molar-refractivity contribution in [2.24, 2.45) is 0 Å². The predicted molar refractivity (Wildman–Crippen MR) is 294 cm³/mol. The molecule has 328 valence electrons. The lowest BCUT2D eigenvalue weighted by Crippen LogP contribution is -2.28. The Morgan fingerprint density at radius 3 is 1.56 bits per heavy atom. The van der Waals surface area contributed by atoms with Gasteiger partial charge in [-0.15, -0.1) is 0 Å². The highest BCUT2D eigenvalue weighted by Crippen LogP contribution is 2.56. The maximum Gasteiger partial charge on any atom is 0.0714 e. The number of nitrogens with zero attached hydrogens (tertiary/aromatic N) is 1. The molecule has 1 heterocycles. The van der Waals surface area contributed by atoms with Crippen LogP contribution >= 0.6 is 0 Å². The highest BCUT2D eigenvalue weighted by Gasteiger charge is 2.46. The van der Waals surface area contributed by atoms with E-state index in [1.165, 1.54) is 105 Å². The predicted octanol–water partition coefficient (Wildman–Crippen LogP) is 17.7. The van der Waals surface area contributed by atoms with Gasteiger partial charge < -0.3 is 4.57 Å². The van der Waals surface area contributed by atoms with Gasteiger partial charge in [-0.25, -0.2) is 0 Å². The molecular formula is C69H47N. The fourth-order valence-corrected chi connectivity index (χ4v) is 11.3. The second-order valence-electron chi connectivity index (χ2n) is 18.4. The minimum atomic E-state index is -0.491. The number of aromatic nitrogens is 1. The van der Waals surface area contributed by atoms with E-state index in [1.807, 2.05) is 0 Å². The molecule has 70 heavy (non-hydrogen) atoms. The van der Waals surface area contributed by atoms with Crippen LogP contribution in [-0.4, -0.2) is 4.57 Å². The molecule has 1 heteroatoms. The molecule has 1 aliphatic rings. The fourth-order valence-electron chi connectivity index (χ4n) is 11.3. The number of rotatable bonds is 9. The zero-order valence-corrected chi connectivity index (χ0v) is 38.6. The monoisotopic (exact) mass is 889 g/mol. The first kappa shape index (κ1) is 41.2. The zero-order valence-electron chi connectivity index (χ0n) is 38.6. The van der Waals surface area contributed by atoms with Crippen molar-refractivity contribution in [2.75, 3.05) is 0 Å². The van der Waals surface area contributed by atoms with Gasteiger partial charge in [-0.1, -0.05) is 243 Å². The highest BCUT2D eigenvalue weighted by atomic mass is 15.0. The van der Waals surface area contributed by atoms with Crippen LogP contribution in [0.2, 0.25) is 0 Å². The van der Waals surface area contributed by atoms with Crippen LogP contribution in [0.5, 0.6) is 0 Å². The summed E-state index contributed by atoms with van der Waals surface area (Å²) in [6, 6.07) is 102. The number of hydrogen-bond acceptors (Lipinski definition) is 0. The van der Waals surface area contributed by atoms with Crippen LogP contribution in [-0.2, 0) is 5.41 Å². The summed E-state index contributed by atoms with van der Waals surface area (Å²) < 4.78 is 2.49. The third-order valence-electron chi connectivity index (χ3n) is 14.5. The van der Waals surface area contributed by atoms with Crippen molar-refractivity contribution in [1.29, 1.82) is 0 Å². The van der Waals surface area contributed by atoms with Crippen LogP contribution in [0.1, 0.15) is 38.9 Å². The third-order valence-corrected chi connectivity index (χ3v) is 14.5. The first-order valence-corrected chi connectivity index (χ1v) is 24.2. The minimum absolute atomic E-state index is 0.491. The summed E-state index contributed by atoms with van der Waals surface area (Å²) in [6.45, 7) is 0. The van der Waals surface area contributed by atoms with E-state index >= 15 is 0 Å². The number of para-hydroxylation sites is 1. The van der Waals surface area contributed by atoms with E-state index in [2.05, 4.69) is 290 Å². The van der Waals surface area contributed by atoms with Gasteiger partial charge in [0.05, 0.1) is 16.4 Å². The standard InChI is InChI=1S/C69H47N/c1-5-19-49(20-6-1)52-23-17-24-53(44-52)50-37-35-48(36-38-50)43-64(51-21-7-2-8-22-51)56-26-18-25-54(45-56)55-39-41-63-62-32-14-16-34-67(62)70(68(63)46-55)59-40-42-61-60-31-13-15-33-65(60)69(66(61)47-59,57-27-9-3-10-28-57)58-29-11-4-12-30-58/h1-47H/b64-43-. The Morgan fingerprint density at radius 1 is 0.314 bits per heavy atom. The number of hydrogen-bond donors (Lipinski definition) is 0. The molecule has 0 radical (unpaired) electrons. The SMILES string of the molecule is C(=C(\c1ccccc1)c1cccc(-c2ccc3c4ccccc4n(-c4ccc5c(c4)C(c4ccccc4)(c4ccccc4)c4ccccc4-5)c3c2)c1)/c1ccc(-c2cccc(-c3ccccc3)c2)cc1. The maximum atomic E-state index is 2.49. The number of benzene rings is 11. The Bertz CT molecular complexity index is 3860. The molecule has 12 aromatic rings. The van der Waals surface area contributed by atoms with E-state index in [0.29, 0.717) is 0 Å². The van der Waals surface area contributed by atoms with Gasteiger partial charge in [-0.3, -0.25) is 0 Å². The van der Waals surface area contributed by atoms with Crippen LogP contribution < -0.4 is 0 Å². The molecule has 13 rings (SSSR count). The summed E-state index contributed by atoms with van der Waals surface area (Å²) in [5.74, 6) is 0. The summed E-state index contributed by atoms with van der Waals surface area (Å²) in [4.78, 5) is 0. The lowest BCUT2D eigenvalue weighted by Gasteiger charge is -2.34. The topological polar surface area (TPSA) is 4.93 Å². The van der Waals surface area contributed by atoms with Crippen molar-refractivity contribution in [3.8, 4) is 50.2 Å². The van der Waals surface area contributed by atoms with Gasteiger partial charge >= 0.3 is 0 Å². The average molecular weight is 890 g/mol. The summed E-state index contributed by atoms with van der Waals surface area (Å²) in [6.07, 6.45) is 2.33. The van der Waals surface area contributed by atoms with E-state index in [-0.39, 0.29) is 0 Å². The first-order chi connectivity index (χ1) is 34.7. The molecule has 0 spiro atoms. The molecular weight excluding hydrogens is 843 g/mol. The summed E-state index contributed by atoms with van der Waals surface area (Å²) in [7, 11) is 0. The molecule has 0 N–H and O–H groups in total. The van der Waals surface area contributed by atoms with Crippen molar-refractivity contribution >= 4 is 33.5 Å². The molecule has 0 saturated carbocycles. The van der Waals surface area contributed by atoms with Gasteiger partial charge in [-0.05, 0) is 131 Å². The van der Waals surface area contributed by atoms with Gasteiger partial charge in [0.25, 0.3) is 0 Å². The second-order valence-corrected chi connectivity index (χ2v) is 18.4. The van der Waals surface area contributed by atoms with Crippen molar-refractivity contribution < 1.29 is 0 Å². The van der Waals surface area contributed by atoms with Gasteiger partial charge in [-0.2, -0.15) is 0 Å². The molecule has 0 atom stereocenters. The Morgan fingerprint density at radius 2 is 0.829 bits per heavy atom. The highest BCUT2D eigenvalue weighted by molar-refractivity contribution is 6.10. The van der Waals surface area contributed by atoms with Crippen LogP contribution in [0.3, 0.4) is 0 Å². The van der Waals surface area contributed by atoms with Crippen LogP contribution in [0.4, 0.5) is 0 Å². The molecule has 0 unspecified atom stereocenters. The van der Waals surface area contributed by atoms with Crippen LogP contribution in [0.15, 0.2) is 279 Å². The maximum absolute atomic E-state index is 2.49. The fraction of sp³-hybridized carbons (Fsp3) is 0.0145. The van der Waals surface area contributed by atoms with E-state index in [9.17, 15) is 0 Å². The smallest absolute Gasteiger partial charge is 0.0714 e. The summed E-state index contributed by atoms with van der Waals surface area (Å²) in [5, 5.41) is 2.47. The van der Waals surface area contributed by atoms with E-state index in [1.54, 1.807) is 0 Å². The van der Waals surface area contributed by atoms with E-state index in [4.69, 9.17) is 0 Å². The van der Waals surface area contributed by atoms with E-state index in [0.717, 1.165) is 11.3 Å². The number of fused-ring (bicyclic) bond motifs is 6. The average Bonchev–Trinajstić information content (AvgIpc) is 3.93. The van der Waals surface area contributed by atoms with Crippen molar-refractivity contribution in [3.05, 3.63) is 318 Å². The molecule has 0 aliphatic heterocycles. The Balaban J connectivity index is 0.923. The van der Waals surface area contributed by atoms with Crippen molar-refractivity contribution in [3.63, 3.8) is 0 Å². The second kappa shape index (κ2) is 17.2. The molecule has 0 amide bonds. The lowest BCUT2D eigenvalue weighted by atomic mass is 9.67. The van der Waals surface area contributed by atoms with Gasteiger partial charge in [0, 0.05) is 16.5 Å². The molecule has 11 aromatic carbocycles. The van der Waals surface area contributed by atoms with Gasteiger partial charge in [0.1, 0.15) is 0 Å². The molecule has 1 nitrogen and oxygen atoms in total. The normalized spacial score (nSPS) is 12.8. The Kier molecular flexibility index (Phi) is 10.1. The molecule has 1 aliphatic carbocycles. The molecule has 0 bridgehead atoms. The molecule has 0 saturated heterocycles. The zero-order chi connectivity index (χ0) is 46.4. The van der Waals surface area contributed by atoms with Gasteiger partial charge in [0.15, 0.2) is 0 Å². The Hall–Kier alpha value is -9.04. The Labute approximate surface area is 409 Å². The van der Waals surface area contributed by atoms with Crippen LogP contribution in [0.25, 0.3) is 83.6 Å². The largest absolute Gasteiger partial charge is 0.309 e. The summed E-state index contributed by atoms with van der Waals surface area (Å²) >= 11 is 0. The minimum Gasteiger partial charge on any atom is -0.309 e. The van der Waals surface area contributed by atoms with E-state index < -0.39 is 5.41 Å². The molecule has 1 aromatic heterocycles. The molecule has 0 fully saturated rings. The first-order valence-electron chi connectivity index (χ1n) is 24.2. The van der Waals surface area contributed by atoms with Crippen molar-refractivity contribution in [1.82, 2.24) is 4.57 Å². The lowest BCUT2D eigenvalue weighted by molar-refractivity contribution is 0.767. The summed E-state index contributed by atoms with van der Waals surface area (Å²) in [5.41, 5.74) is 22.6. The van der Waals surface area contributed by atoms with Crippen molar-refractivity contribution in [2.45, 2.75) is 5.41 Å². The van der Waals surface area contributed by atoms with Gasteiger partial charge in [0.2, 0.25) is 0 Å². The third kappa shape index (κ3) is 6.94. The van der Waals surface area contributed by atoms with Crippen LogP contribution in [0, 0.1) is 0 Å². The quantitative estimate of drug-likeness (QED) is 0.127.